The fourth-order valence-electron chi connectivity index (χ4n) is 2.84. The number of carboxylic acid groups (broad SMARTS) is 1. The van der Waals surface area contributed by atoms with E-state index in [1.54, 1.807) is 0 Å². The van der Waals surface area contributed by atoms with Crippen molar-refractivity contribution in [2.75, 3.05) is 5.32 Å². The van der Waals surface area contributed by atoms with E-state index in [-0.39, 0.29) is 5.56 Å². The third-order valence-electron chi connectivity index (χ3n) is 4.06. The first-order chi connectivity index (χ1) is 11.0. The summed E-state index contributed by atoms with van der Waals surface area (Å²) < 4.78 is 12.9. The second-order valence-corrected chi connectivity index (χ2v) is 6.93. The Kier molecular flexibility index (Phi) is 4.17. The second-order valence-electron chi connectivity index (χ2n) is 5.82. The number of carbonyl (C=O) groups is 2. The molecule has 23 heavy (non-hydrogen) atoms. The molecular weight excluding hydrogens is 317 g/mol. The number of amides is 1. The number of carbonyl (C=O) groups excluding carboxylic acids is 1. The van der Waals surface area contributed by atoms with Gasteiger partial charge in [-0.2, -0.15) is 0 Å². The Hall–Kier alpha value is -2.21. The highest BCUT2D eigenvalue weighted by atomic mass is 32.1. The molecule has 4 nitrogen and oxygen atoms in total. The van der Waals surface area contributed by atoms with Crippen LogP contribution >= 0.6 is 11.3 Å². The van der Waals surface area contributed by atoms with Crippen molar-refractivity contribution in [3.8, 4) is 0 Å². The molecule has 0 aliphatic heterocycles. The highest BCUT2D eigenvalue weighted by molar-refractivity contribution is 7.17. The molecule has 6 heteroatoms. The predicted octanol–water partition coefficient (Wildman–Crippen LogP) is 3.96. The van der Waals surface area contributed by atoms with E-state index in [0.29, 0.717) is 16.5 Å². The van der Waals surface area contributed by atoms with Crippen molar-refractivity contribution < 1.29 is 19.1 Å². The highest BCUT2D eigenvalue weighted by Crippen LogP contribution is 2.39. The van der Waals surface area contributed by atoms with Crippen LogP contribution in [0.2, 0.25) is 0 Å². The maximum Gasteiger partial charge on any atom is 0.339 e. The average Bonchev–Trinajstić information content (AvgIpc) is 2.84. The number of hydrogen-bond donors (Lipinski definition) is 2. The maximum atomic E-state index is 12.9. The van der Waals surface area contributed by atoms with Gasteiger partial charge in [0.25, 0.3) is 5.91 Å². The summed E-state index contributed by atoms with van der Waals surface area (Å²) in [7, 11) is 0. The van der Waals surface area contributed by atoms with Crippen molar-refractivity contribution in [1.29, 1.82) is 0 Å². The van der Waals surface area contributed by atoms with E-state index in [2.05, 4.69) is 12.2 Å². The molecule has 1 aromatic heterocycles. The maximum absolute atomic E-state index is 12.9. The summed E-state index contributed by atoms with van der Waals surface area (Å²) >= 11 is 1.33. The van der Waals surface area contributed by atoms with Gasteiger partial charge in [0.1, 0.15) is 10.8 Å². The van der Waals surface area contributed by atoms with Gasteiger partial charge in [-0.25, -0.2) is 9.18 Å². The van der Waals surface area contributed by atoms with Gasteiger partial charge in [-0.1, -0.05) is 6.92 Å². The number of anilines is 1. The Morgan fingerprint density at radius 1 is 1.30 bits per heavy atom. The molecule has 0 saturated heterocycles. The Morgan fingerprint density at radius 3 is 2.65 bits per heavy atom. The van der Waals surface area contributed by atoms with Crippen molar-refractivity contribution in [2.24, 2.45) is 5.92 Å². The van der Waals surface area contributed by atoms with E-state index in [0.717, 1.165) is 29.7 Å². The number of fused-ring (bicyclic) bond motifs is 1. The summed E-state index contributed by atoms with van der Waals surface area (Å²) in [6.45, 7) is 2.14. The minimum Gasteiger partial charge on any atom is -0.478 e. The molecule has 1 aliphatic carbocycles. The fourth-order valence-corrected chi connectivity index (χ4v) is 4.24. The van der Waals surface area contributed by atoms with Crippen LogP contribution in [0.25, 0.3) is 0 Å². The van der Waals surface area contributed by atoms with E-state index in [1.165, 1.54) is 35.6 Å². The highest BCUT2D eigenvalue weighted by Gasteiger charge is 2.28. The third-order valence-corrected chi connectivity index (χ3v) is 5.23. The van der Waals surface area contributed by atoms with Gasteiger partial charge in [0.2, 0.25) is 0 Å². The van der Waals surface area contributed by atoms with Gasteiger partial charge in [0.05, 0.1) is 5.56 Å². The zero-order valence-corrected chi connectivity index (χ0v) is 13.4. The number of nitrogens with one attached hydrogen (secondary N) is 1. The van der Waals surface area contributed by atoms with Crippen molar-refractivity contribution in [1.82, 2.24) is 0 Å². The van der Waals surface area contributed by atoms with Crippen molar-refractivity contribution in [3.63, 3.8) is 0 Å². The molecule has 2 N–H and O–H groups in total. The molecule has 0 saturated carbocycles. The second kappa shape index (κ2) is 6.12. The molecule has 0 spiro atoms. The number of carboxylic acids is 1. The van der Waals surface area contributed by atoms with Crippen LogP contribution in [0.5, 0.6) is 0 Å². The number of thiophene rings is 1. The molecule has 1 heterocycles. The first-order valence-electron chi connectivity index (χ1n) is 7.40. The number of hydrogen-bond acceptors (Lipinski definition) is 3. The lowest BCUT2D eigenvalue weighted by molar-refractivity contribution is 0.0697. The van der Waals surface area contributed by atoms with Crippen LogP contribution < -0.4 is 5.32 Å². The Morgan fingerprint density at radius 2 is 2.00 bits per heavy atom. The van der Waals surface area contributed by atoms with E-state index < -0.39 is 17.7 Å². The Labute approximate surface area is 137 Å². The standard InChI is InChI=1S/C17H16FNO3S/c1-9-2-7-12-13(8-9)23-16(14(12)17(21)22)19-15(20)10-3-5-11(18)6-4-10/h3-6,9H,2,7-8H2,1H3,(H,19,20)(H,21,22). The predicted molar refractivity (Wildman–Crippen MR) is 86.8 cm³/mol. The fraction of sp³-hybridized carbons (Fsp3) is 0.294. The molecule has 1 atom stereocenters. The lowest BCUT2D eigenvalue weighted by Gasteiger charge is -2.17. The molecule has 1 aliphatic rings. The van der Waals surface area contributed by atoms with E-state index in [1.807, 2.05) is 0 Å². The Balaban J connectivity index is 1.92. The first kappa shape index (κ1) is 15.7. The zero-order chi connectivity index (χ0) is 16.6. The number of rotatable bonds is 3. The number of benzene rings is 1. The molecule has 0 radical (unpaired) electrons. The molecule has 1 aromatic carbocycles. The number of halogens is 1. The number of aromatic carboxylic acids is 1. The molecule has 3 rings (SSSR count). The van der Waals surface area contributed by atoms with Crippen LogP contribution in [0.1, 0.15) is 44.5 Å². The summed E-state index contributed by atoms with van der Waals surface area (Å²) in [4.78, 5) is 24.9. The van der Waals surface area contributed by atoms with Gasteiger partial charge in [-0.3, -0.25) is 4.79 Å². The van der Waals surface area contributed by atoms with E-state index >= 15 is 0 Å². The molecule has 2 aromatic rings. The van der Waals surface area contributed by atoms with Gasteiger partial charge in [0.15, 0.2) is 0 Å². The molecule has 0 fully saturated rings. The Bertz CT molecular complexity index is 767. The van der Waals surface area contributed by atoms with Crippen LogP contribution in [0.4, 0.5) is 9.39 Å². The lowest BCUT2D eigenvalue weighted by Crippen LogP contribution is -2.15. The van der Waals surface area contributed by atoms with E-state index in [4.69, 9.17) is 0 Å². The molecule has 0 bridgehead atoms. The monoisotopic (exact) mass is 333 g/mol. The smallest absolute Gasteiger partial charge is 0.339 e. The topological polar surface area (TPSA) is 66.4 Å². The van der Waals surface area contributed by atoms with E-state index in [9.17, 15) is 19.1 Å². The summed E-state index contributed by atoms with van der Waals surface area (Å²) in [5.41, 5.74) is 1.34. The van der Waals surface area contributed by atoms with Crippen LogP contribution in [0, 0.1) is 11.7 Å². The van der Waals surface area contributed by atoms with Gasteiger partial charge in [0, 0.05) is 10.4 Å². The van der Waals surface area contributed by atoms with Gasteiger partial charge in [-0.15, -0.1) is 11.3 Å². The normalized spacial score (nSPS) is 16.7. The SMILES string of the molecule is CC1CCc2c(sc(NC(=O)c3ccc(F)cc3)c2C(=O)O)C1. The largest absolute Gasteiger partial charge is 0.478 e. The minimum absolute atomic E-state index is 0.201. The van der Waals surface area contributed by atoms with Crippen LogP contribution in [0.3, 0.4) is 0 Å². The third kappa shape index (κ3) is 3.12. The average molecular weight is 333 g/mol. The van der Waals surface area contributed by atoms with Crippen LogP contribution in [-0.4, -0.2) is 17.0 Å². The van der Waals surface area contributed by atoms with Crippen LogP contribution in [-0.2, 0) is 12.8 Å². The van der Waals surface area contributed by atoms with Gasteiger partial charge >= 0.3 is 5.97 Å². The zero-order valence-electron chi connectivity index (χ0n) is 12.6. The summed E-state index contributed by atoms with van der Waals surface area (Å²) in [5, 5.41) is 12.5. The minimum atomic E-state index is -1.02. The van der Waals surface area contributed by atoms with Crippen LogP contribution in [0.15, 0.2) is 24.3 Å². The molecular formula is C17H16FNO3S. The quantitative estimate of drug-likeness (QED) is 0.893. The van der Waals surface area contributed by atoms with Crippen molar-refractivity contribution in [2.45, 2.75) is 26.2 Å². The lowest BCUT2D eigenvalue weighted by atomic mass is 9.88. The summed E-state index contributed by atoms with van der Waals surface area (Å²) in [6.07, 6.45) is 2.52. The molecule has 120 valence electrons. The summed E-state index contributed by atoms with van der Waals surface area (Å²) in [6, 6.07) is 5.16. The molecule has 1 amide bonds. The molecule has 1 unspecified atom stereocenters. The van der Waals surface area contributed by atoms with Crippen molar-refractivity contribution in [3.05, 3.63) is 51.7 Å². The van der Waals surface area contributed by atoms with Gasteiger partial charge < -0.3 is 10.4 Å². The first-order valence-corrected chi connectivity index (χ1v) is 8.22. The van der Waals surface area contributed by atoms with Crippen molar-refractivity contribution >= 4 is 28.2 Å². The summed E-state index contributed by atoms with van der Waals surface area (Å²) in [5.74, 6) is -1.36. The van der Waals surface area contributed by atoms with Gasteiger partial charge in [-0.05, 0) is 55.0 Å².